The molecule has 0 spiro atoms. The Bertz CT molecular complexity index is 723. The predicted molar refractivity (Wildman–Crippen MR) is 95.5 cm³/mol. The molecule has 1 heterocycles. The van der Waals surface area contributed by atoms with Crippen molar-refractivity contribution in [2.45, 2.75) is 26.1 Å². The highest BCUT2D eigenvalue weighted by molar-refractivity contribution is 5.66. The normalized spacial score (nSPS) is 20.4. The maximum absolute atomic E-state index is 10.2. The third-order valence-electron chi connectivity index (χ3n) is 4.50. The molecular formula is C20H25N2O2+. The van der Waals surface area contributed by atoms with Gasteiger partial charge in [-0.15, -0.1) is 0 Å². The second kappa shape index (κ2) is 6.97. The van der Waals surface area contributed by atoms with Crippen LogP contribution in [0.1, 0.15) is 31.0 Å². The monoisotopic (exact) mass is 325 g/mol. The van der Waals surface area contributed by atoms with Gasteiger partial charge in [0.15, 0.2) is 6.17 Å². The first kappa shape index (κ1) is 16.4. The summed E-state index contributed by atoms with van der Waals surface area (Å²) in [5.41, 5.74) is 3.15. The second-order valence-corrected chi connectivity index (χ2v) is 6.50. The van der Waals surface area contributed by atoms with Crippen molar-refractivity contribution in [3.05, 3.63) is 65.7 Å². The van der Waals surface area contributed by atoms with Gasteiger partial charge < -0.3 is 20.5 Å². The zero-order chi connectivity index (χ0) is 17.1. The Kier molecular flexibility index (Phi) is 4.76. The van der Waals surface area contributed by atoms with Crippen LogP contribution >= 0.6 is 0 Å². The molecule has 0 bridgehead atoms. The summed E-state index contributed by atoms with van der Waals surface area (Å²) in [7, 11) is 1.67. The van der Waals surface area contributed by atoms with Gasteiger partial charge in [0.25, 0.3) is 0 Å². The van der Waals surface area contributed by atoms with E-state index in [0.29, 0.717) is 11.7 Å². The molecule has 4 nitrogen and oxygen atoms in total. The zero-order valence-electron chi connectivity index (χ0n) is 14.4. The quantitative estimate of drug-likeness (QED) is 0.810. The van der Waals surface area contributed by atoms with Crippen molar-refractivity contribution in [1.82, 2.24) is 5.32 Å². The van der Waals surface area contributed by atoms with Gasteiger partial charge in [-0.2, -0.15) is 0 Å². The first-order chi connectivity index (χ1) is 11.6. The molecule has 0 aromatic heterocycles. The van der Waals surface area contributed by atoms with Crippen molar-refractivity contribution in [2.24, 2.45) is 5.92 Å². The van der Waals surface area contributed by atoms with E-state index < -0.39 is 0 Å². The first-order valence-corrected chi connectivity index (χ1v) is 8.34. The molecule has 1 aliphatic rings. The summed E-state index contributed by atoms with van der Waals surface area (Å²) in [5.74, 6) is 1.65. The van der Waals surface area contributed by atoms with Crippen LogP contribution in [0.2, 0.25) is 0 Å². The Hall–Kier alpha value is -2.46. The highest BCUT2D eigenvalue weighted by Crippen LogP contribution is 2.27. The molecule has 2 atom stereocenters. The fourth-order valence-electron chi connectivity index (χ4n) is 3.04. The number of rotatable bonds is 4. The Balaban J connectivity index is 1.97. The Labute approximate surface area is 143 Å². The minimum atomic E-state index is 0.0805. The van der Waals surface area contributed by atoms with Crippen LogP contribution in [0.3, 0.4) is 0 Å². The van der Waals surface area contributed by atoms with E-state index in [1.807, 2.05) is 30.3 Å². The van der Waals surface area contributed by atoms with Gasteiger partial charge in [0.1, 0.15) is 17.5 Å². The Morgan fingerprint density at radius 3 is 2.42 bits per heavy atom. The van der Waals surface area contributed by atoms with Gasteiger partial charge in [0.2, 0.25) is 0 Å². The molecule has 2 unspecified atom stereocenters. The average molecular weight is 325 g/mol. The SMILES string of the molecule is COc1ccc(C2=CC(c3ccccc3O)[NH2+]C(C(C)C)N2)cc1. The van der Waals surface area contributed by atoms with Crippen molar-refractivity contribution >= 4 is 5.70 Å². The number of ether oxygens (including phenoxy) is 1. The number of nitrogens with one attached hydrogen (secondary N) is 1. The summed E-state index contributed by atoms with van der Waals surface area (Å²) in [6, 6.07) is 15.7. The van der Waals surface area contributed by atoms with Crippen LogP contribution in [0.4, 0.5) is 0 Å². The van der Waals surface area contributed by atoms with E-state index in [0.717, 1.165) is 22.6 Å². The lowest BCUT2D eigenvalue weighted by Gasteiger charge is -2.32. The van der Waals surface area contributed by atoms with Crippen molar-refractivity contribution in [1.29, 1.82) is 0 Å². The Morgan fingerprint density at radius 1 is 1.08 bits per heavy atom. The molecule has 2 aromatic rings. The molecule has 3 rings (SSSR count). The molecule has 126 valence electrons. The first-order valence-electron chi connectivity index (χ1n) is 8.34. The van der Waals surface area contributed by atoms with Gasteiger partial charge in [-0.25, -0.2) is 0 Å². The fraction of sp³-hybridized carbons (Fsp3) is 0.300. The smallest absolute Gasteiger partial charge is 0.162 e. The number of benzene rings is 2. The number of para-hydroxylation sites is 1. The van der Waals surface area contributed by atoms with Gasteiger partial charge in [-0.1, -0.05) is 26.0 Å². The van der Waals surface area contributed by atoms with Gasteiger partial charge in [-0.05, 0) is 42.0 Å². The summed E-state index contributed by atoms with van der Waals surface area (Å²) in [6.45, 7) is 4.40. The lowest BCUT2D eigenvalue weighted by Crippen LogP contribution is -2.96. The Morgan fingerprint density at radius 2 is 1.79 bits per heavy atom. The molecule has 0 aliphatic carbocycles. The summed E-state index contributed by atoms with van der Waals surface area (Å²) in [4.78, 5) is 0. The van der Waals surface area contributed by atoms with E-state index in [4.69, 9.17) is 4.74 Å². The molecule has 4 heteroatoms. The third kappa shape index (κ3) is 3.39. The van der Waals surface area contributed by atoms with Gasteiger partial charge in [-0.3, -0.25) is 0 Å². The number of phenols is 1. The van der Waals surface area contributed by atoms with E-state index in [2.05, 4.69) is 42.7 Å². The van der Waals surface area contributed by atoms with Crippen molar-refractivity contribution in [3.63, 3.8) is 0 Å². The number of methoxy groups -OCH3 is 1. The lowest BCUT2D eigenvalue weighted by atomic mass is 9.97. The molecule has 4 N–H and O–H groups in total. The number of aromatic hydroxyl groups is 1. The van der Waals surface area contributed by atoms with E-state index in [9.17, 15) is 5.11 Å². The second-order valence-electron chi connectivity index (χ2n) is 6.50. The fourth-order valence-corrected chi connectivity index (χ4v) is 3.04. The summed E-state index contributed by atoms with van der Waals surface area (Å²) < 4.78 is 5.24. The standard InChI is InChI=1S/C20H24N2O2/c1-13(2)20-21-17(14-8-10-15(24-3)11-9-14)12-18(22-20)16-6-4-5-7-19(16)23/h4-13,18,20-23H,1-3H3/p+1. The molecular weight excluding hydrogens is 300 g/mol. The molecule has 0 saturated carbocycles. The van der Waals surface area contributed by atoms with E-state index in [1.54, 1.807) is 13.2 Å². The van der Waals surface area contributed by atoms with Gasteiger partial charge >= 0.3 is 0 Å². The minimum Gasteiger partial charge on any atom is -0.507 e. The number of phenolic OH excluding ortho intramolecular Hbond substituents is 1. The van der Waals surface area contributed by atoms with Crippen molar-refractivity contribution in [2.75, 3.05) is 7.11 Å². The molecule has 2 aromatic carbocycles. The van der Waals surface area contributed by atoms with Crippen molar-refractivity contribution in [3.8, 4) is 11.5 Å². The summed E-state index contributed by atoms with van der Waals surface area (Å²) >= 11 is 0. The van der Waals surface area contributed by atoms with Crippen LogP contribution in [0.5, 0.6) is 11.5 Å². The number of hydrogen-bond donors (Lipinski definition) is 3. The highest BCUT2D eigenvalue weighted by Gasteiger charge is 2.29. The van der Waals surface area contributed by atoms with Crippen LogP contribution in [-0.2, 0) is 0 Å². The van der Waals surface area contributed by atoms with Crippen LogP contribution in [0.25, 0.3) is 5.70 Å². The van der Waals surface area contributed by atoms with Gasteiger partial charge in [0, 0.05) is 17.7 Å². The van der Waals surface area contributed by atoms with Crippen molar-refractivity contribution < 1.29 is 15.2 Å². The topological polar surface area (TPSA) is 58.1 Å². The van der Waals surface area contributed by atoms with Crippen LogP contribution in [-0.4, -0.2) is 18.4 Å². The van der Waals surface area contributed by atoms with Crippen LogP contribution < -0.4 is 15.4 Å². The van der Waals surface area contributed by atoms with E-state index in [1.165, 1.54) is 0 Å². The van der Waals surface area contributed by atoms with E-state index >= 15 is 0 Å². The van der Waals surface area contributed by atoms with Gasteiger partial charge in [0.05, 0.1) is 12.7 Å². The number of hydrogen-bond acceptors (Lipinski definition) is 3. The lowest BCUT2D eigenvalue weighted by molar-refractivity contribution is -0.729. The zero-order valence-corrected chi connectivity index (χ0v) is 14.4. The largest absolute Gasteiger partial charge is 0.507 e. The molecule has 1 aliphatic heterocycles. The van der Waals surface area contributed by atoms with E-state index in [-0.39, 0.29) is 12.2 Å². The van der Waals surface area contributed by atoms with Crippen LogP contribution in [0.15, 0.2) is 54.6 Å². The predicted octanol–water partition coefficient (Wildman–Crippen LogP) is 2.63. The molecule has 0 radical (unpaired) electrons. The summed E-state index contributed by atoms with van der Waals surface area (Å²) in [5, 5.41) is 16.1. The maximum atomic E-state index is 10.2. The van der Waals surface area contributed by atoms with Crippen LogP contribution in [0, 0.1) is 5.92 Å². The average Bonchev–Trinajstić information content (AvgIpc) is 2.61. The highest BCUT2D eigenvalue weighted by atomic mass is 16.5. The maximum Gasteiger partial charge on any atom is 0.162 e. The molecule has 24 heavy (non-hydrogen) atoms. The molecule has 0 amide bonds. The molecule has 0 saturated heterocycles. The molecule has 0 fully saturated rings. The number of quaternary nitrogens is 1. The number of nitrogens with two attached hydrogens (primary N) is 1. The summed E-state index contributed by atoms with van der Waals surface area (Å²) in [6.07, 6.45) is 2.42. The minimum absolute atomic E-state index is 0.0805. The third-order valence-corrected chi connectivity index (χ3v) is 4.50.